The van der Waals surface area contributed by atoms with Gasteiger partial charge in [0.25, 0.3) is 0 Å². The number of methoxy groups -OCH3 is 1. The van der Waals surface area contributed by atoms with Crippen molar-refractivity contribution >= 4 is 16.3 Å². The molecule has 0 saturated heterocycles. The Labute approximate surface area is 117 Å². The van der Waals surface area contributed by atoms with Crippen LogP contribution >= 0.6 is 10.3 Å². The number of pyridine rings is 1. The molecule has 0 saturated carbocycles. The lowest BCUT2D eigenvalue weighted by Crippen LogP contribution is -2.25. The molecule has 0 atom stereocenters. The number of aromatic nitrogens is 1. The second-order valence-corrected chi connectivity index (χ2v) is 9.56. The highest BCUT2D eigenvalue weighted by Crippen LogP contribution is 2.54. The molecule has 0 fully saturated rings. The Balaban J connectivity index is 2.67. The zero-order valence-electron chi connectivity index (χ0n) is 12.5. The van der Waals surface area contributed by atoms with Gasteiger partial charge in [-0.3, -0.25) is 4.98 Å². The minimum atomic E-state index is -1.16. The third-order valence-electron chi connectivity index (χ3n) is 3.22. The second kappa shape index (κ2) is 5.92. The normalized spacial score (nSPS) is 13.2. The molecule has 1 aromatic heterocycles. The third-order valence-corrected chi connectivity index (χ3v) is 6.88. The Morgan fingerprint density at radius 1 is 1.32 bits per heavy atom. The number of hydrogen-bond acceptors (Lipinski definition) is 4. The molecule has 1 aromatic rings. The van der Waals surface area contributed by atoms with Crippen molar-refractivity contribution < 1.29 is 13.7 Å². The molecular weight excluding hydrogens is 262 g/mol. The van der Waals surface area contributed by atoms with Crippen LogP contribution in [0.1, 0.15) is 36.8 Å². The molecule has 0 aliphatic heterocycles. The first-order chi connectivity index (χ1) is 8.67. The number of rotatable bonds is 4. The zero-order chi connectivity index (χ0) is 14.7. The molecule has 1 rings (SSSR count). The number of nitrogens with zero attached hydrogens (tertiary/aromatic N) is 1. The summed E-state index contributed by atoms with van der Waals surface area (Å²) < 4.78 is 10.8. The third kappa shape index (κ3) is 4.21. The van der Waals surface area contributed by atoms with Crippen LogP contribution in [-0.2, 0) is 15.5 Å². The first kappa shape index (κ1) is 16.0. The van der Waals surface area contributed by atoms with Crippen LogP contribution in [0.2, 0.25) is 0 Å². The standard InChI is InChI=1S/C14H23NO3S/c1-14(2,3)19(5,6)18-10-12-8-7-11(9-15-12)13(16)17-4/h7-9H,10H2,1-6H3. The fourth-order valence-electron chi connectivity index (χ4n) is 1.13. The van der Waals surface area contributed by atoms with Crippen molar-refractivity contribution in [3.8, 4) is 0 Å². The molecule has 5 heteroatoms. The predicted molar refractivity (Wildman–Crippen MR) is 79.6 cm³/mol. The van der Waals surface area contributed by atoms with E-state index in [1.807, 2.05) is 0 Å². The van der Waals surface area contributed by atoms with Gasteiger partial charge in [0.15, 0.2) is 0 Å². The Kier molecular flexibility index (Phi) is 4.98. The number of carbonyl (C=O) groups excluding carboxylic acids is 1. The van der Waals surface area contributed by atoms with Gasteiger partial charge in [0.05, 0.1) is 18.4 Å². The van der Waals surface area contributed by atoms with Crippen LogP contribution in [0.4, 0.5) is 0 Å². The summed E-state index contributed by atoms with van der Waals surface area (Å²) in [5.74, 6) is -0.374. The molecule has 4 nitrogen and oxygen atoms in total. The average molecular weight is 285 g/mol. The van der Waals surface area contributed by atoms with Gasteiger partial charge in [-0.15, -0.1) is 10.3 Å². The van der Waals surface area contributed by atoms with E-state index in [4.69, 9.17) is 4.18 Å². The van der Waals surface area contributed by atoms with Crippen LogP contribution in [0.3, 0.4) is 0 Å². The minimum absolute atomic E-state index is 0.124. The molecule has 0 unspecified atom stereocenters. The van der Waals surface area contributed by atoms with E-state index in [1.54, 1.807) is 12.1 Å². The first-order valence-corrected chi connectivity index (χ1v) is 8.45. The van der Waals surface area contributed by atoms with Crippen LogP contribution in [0.25, 0.3) is 0 Å². The van der Waals surface area contributed by atoms with Crippen molar-refractivity contribution in [1.29, 1.82) is 0 Å². The zero-order valence-corrected chi connectivity index (χ0v) is 13.3. The Hall–Kier alpha value is -1.07. The maximum atomic E-state index is 11.3. The summed E-state index contributed by atoms with van der Waals surface area (Å²) in [6.45, 7) is 6.99. The molecule has 0 amide bonds. The van der Waals surface area contributed by atoms with Gasteiger partial charge < -0.3 is 8.92 Å². The summed E-state index contributed by atoms with van der Waals surface area (Å²) in [6.07, 6.45) is 5.82. The molecule has 1 heterocycles. The van der Waals surface area contributed by atoms with Gasteiger partial charge in [0.2, 0.25) is 0 Å². The molecule has 0 N–H and O–H groups in total. The second-order valence-electron chi connectivity index (χ2n) is 5.64. The monoisotopic (exact) mass is 285 g/mol. The Morgan fingerprint density at radius 2 is 1.95 bits per heavy atom. The molecule has 0 radical (unpaired) electrons. The topological polar surface area (TPSA) is 48.4 Å². The van der Waals surface area contributed by atoms with Gasteiger partial charge in [0, 0.05) is 10.9 Å². The summed E-state index contributed by atoms with van der Waals surface area (Å²) in [5.41, 5.74) is 1.27. The fourth-order valence-corrected chi connectivity index (χ4v) is 1.90. The van der Waals surface area contributed by atoms with Crippen LogP contribution in [0.5, 0.6) is 0 Å². The maximum absolute atomic E-state index is 11.3. The highest BCUT2D eigenvalue weighted by molar-refractivity contribution is 8.29. The van der Waals surface area contributed by atoms with E-state index in [0.29, 0.717) is 12.2 Å². The van der Waals surface area contributed by atoms with Crippen LogP contribution in [0.15, 0.2) is 18.3 Å². The number of ether oxygens (including phenoxy) is 1. The fraction of sp³-hybridized carbons (Fsp3) is 0.571. The molecule has 0 aliphatic carbocycles. The van der Waals surface area contributed by atoms with Gasteiger partial charge in [-0.1, -0.05) is 20.8 Å². The van der Waals surface area contributed by atoms with Crippen molar-refractivity contribution in [2.24, 2.45) is 0 Å². The Morgan fingerprint density at radius 3 is 2.37 bits per heavy atom. The van der Waals surface area contributed by atoms with E-state index in [0.717, 1.165) is 5.69 Å². The molecule has 108 valence electrons. The van der Waals surface area contributed by atoms with Gasteiger partial charge >= 0.3 is 5.97 Å². The van der Waals surface area contributed by atoms with E-state index in [1.165, 1.54) is 13.3 Å². The van der Waals surface area contributed by atoms with Crippen molar-refractivity contribution in [3.05, 3.63) is 29.6 Å². The minimum Gasteiger partial charge on any atom is -0.465 e. The van der Waals surface area contributed by atoms with Gasteiger partial charge in [-0.25, -0.2) is 4.79 Å². The molecule has 0 bridgehead atoms. The highest BCUT2D eigenvalue weighted by atomic mass is 32.3. The van der Waals surface area contributed by atoms with Gasteiger partial charge in [0.1, 0.15) is 6.61 Å². The molecule has 0 spiro atoms. The summed E-state index contributed by atoms with van der Waals surface area (Å²) in [4.78, 5) is 15.5. The summed E-state index contributed by atoms with van der Waals surface area (Å²) in [7, 11) is 0.197. The largest absolute Gasteiger partial charge is 0.465 e. The van der Waals surface area contributed by atoms with Crippen molar-refractivity contribution in [3.63, 3.8) is 0 Å². The quantitative estimate of drug-likeness (QED) is 0.797. The van der Waals surface area contributed by atoms with Crippen molar-refractivity contribution in [2.75, 3.05) is 19.6 Å². The SMILES string of the molecule is COC(=O)c1ccc(COS(C)(C)C(C)(C)C)nc1. The summed E-state index contributed by atoms with van der Waals surface area (Å²) in [6, 6.07) is 3.50. The lowest BCUT2D eigenvalue weighted by atomic mass is 10.2. The Bertz CT molecular complexity index is 435. The van der Waals surface area contributed by atoms with Crippen LogP contribution in [-0.4, -0.2) is 35.3 Å². The molecule has 0 aromatic carbocycles. The van der Waals surface area contributed by atoms with Crippen molar-refractivity contribution in [1.82, 2.24) is 4.98 Å². The van der Waals surface area contributed by atoms with Gasteiger partial charge in [-0.2, -0.15) is 0 Å². The van der Waals surface area contributed by atoms with Crippen molar-refractivity contribution in [2.45, 2.75) is 32.1 Å². The molecular formula is C14H23NO3S. The average Bonchev–Trinajstić information content (AvgIpc) is 2.35. The smallest absolute Gasteiger partial charge is 0.339 e. The van der Waals surface area contributed by atoms with Crippen LogP contribution < -0.4 is 0 Å². The lowest BCUT2D eigenvalue weighted by Gasteiger charge is -2.43. The van der Waals surface area contributed by atoms with E-state index in [2.05, 4.69) is 43.0 Å². The summed E-state index contributed by atoms with van der Waals surface area (Å²) in [5, 5.41) is 0. The lowest BCUT2D eigenvalue weighted by molar-refractivity contribution is 0.0600. The van der Waals surface area contributed by atoms with E-state index in [-0.39, 0.29) is 10.7 Å². The molecule has 19 heavy (non-hydrogen) atoms. The van der Waals surface area contributed by atoms with Gasteiger partial charge in [-0.05, 0) is 24.6 Å². The van der Waals surface area contributed by atoms with E-state index < -0.39 is 10.3 Å². The van der Waals surface area contributed by atoms with E-state index >= 15 is 0 Å². The predicted octanol–water partition coefficient (Wildman–Crippen LogP) is 3.16. The number of hydrogen-bond donors (Lipinski definition) is 0. The first-order valence-electron chi connectivity index (χ1n) is 6.08. The highest BCUT2D eigenvalue weighted by Gasteiger charge is 2.28. The number of esters is 1. The summed E-state index contributed by atoms with van der Waals surface area (Å²) >= 11 is 0. The maximum Gasteiger partial charge on any atom is 0.339 e. The number of carbonyl (C=O) groups is 1. The molecule has 0 aliphatic rings. The van der Waals surface area contributed by atoms with Crippen LogP contribution in [0, 0.1) is 0 Å². The van der Waals surface area contributed by atoms with E-state index in [9.17, 15) is 4.79 Å².